The Morgan fingerprint density at radius 1 is 1.33 bits per heavy atom. The molecule has 4 nitrogen and oxygen atoms in total. The number of rotatable bonds is 2. The number of halogens is 1. The minimum absolute atomic E-state index is 0. The summed E-state index contributed by atoms with van der Waals surface area (Å²) >= 11 is 0. The van der Waals surface area contributed by atoms with E-state index in [2.05, 4.69) is 5.43 Å². The van der Waals surface area contributed by atoms with Crippen LogP contribution in [0.1, 0.15) is 25.7 Å². The third-order valence-corrected chi connectivity index (χ3v) is 2.31. The van der Waals surface area contributed by atoms with Gasteiger partial charge in [-0.3, -0.25) is 16.1 Å². The van der Waals surface area contributed by atoms with Gasteiger partial charge in [0.1, 0.15) is 0 Å². The molecule has 0 heterocycles. The second-order valence-electron chi connectivity index (χ2n) is 3.05. The first-order chi connectivity index (χ1) is 5.24. The molecule has 0 aliphatic heterocycles. The van der Waals surface area contributed by atoms with Gasteiger partial charge in [0.25, 0.3) is 0 Å². The summed E-state index contributed by atoms with van der Waals surface area (Å²) < 4.78 is 0. The van der Waals surface area contributed by atoms with Gasteiger partial charge in [0.2, 0.25) is 0 Å². The van der Waals surface area contributed by atoms with Crippen LogP contribution in [0.3, 0.4) is 0 Å². The van der Waals surface area contributed by atoms with Crippen LogP contribution in [0.4, 0.5) is 0 Å². The molecular weight excluding hydrogens is 180 g/mol. The lowest BCUT2D eigenvalue weighted by Gasteiger charge is -2.24. The number of carboxylic acid groups (broad SMARTS) is 1. The molecule has 0 aromatic heterocycles. The topological polar surface area (TPSA) is 75.3 Å². The number of nitrogens with one attached hydrogen (secondary N) is 1. The zero-order valence-electron chi connectivity index (χ0n) is 6.82. The fraction of sp³-hybridized carbons (Fsp3) is 0.857. The highest BCUT2D eigenvalue weighted by molar-refractivity contribution is 5.85. The van der Waals surface area contributed by atoms with Crippen LogP contribution in [-0.2, 0) is 4.79 Å². The number of nitrogens with two attached hydrogens (primary N) is 1. The van der Waals surface area contributed by atoms with Crippen molar-refractivity contribution in [3.63, 3.8) is 0 Å². The molecule has 0 atom stereocenters. The maximum Gasteiger partial charge on any atom is 0.306 e. The van der Waals surface area contributed by atoms with E-state index in [1.807, 2.05) is 0 Å². The molecule has 1 saturated carbocycles. The maximum absolute atomic E-state index is 10.5. The van der Waals surface area contributed by atoms with Crippen LogP contribution >= 0.6 is 12.4 Å². The third-order valence-electron chi connectivity index (χ3n) is 2.31. The Balaban J connectivity index is 0.00000121. The van der Waals surface area contributed by atoms with Crippen LogP contribution in [0.15, 0.2) is 0 Å². The monoisotopic (exact) mass is 194 g/mol. The smallest absolute Gasteiger partial charge is 0.306 e. The largest absolute Gasteiger partial charge is 0.481 e. The molecule has 1 aliphatic carbocycles. The van der Waals surface area contributed by atoms with E-state index in [-0.39, 0.29) is 18.3 Å². The summed E-state index contributed by atoms with van der Waals surface area (Å²) in [4.78, 5) is 10.5. The van der Waals surface area contributed by atoms with Crippen molar-refractivity contribution in [2.24, 2.45) is 11.8 Å². The molecule has 72 valence electrons. The SMILES string of the molecule is Cl.NNC1CCC(C(=O)O)CC1. The summed E-state index contributed by atoms with van der Waals surface area (Å²) in [5, 5.41) is 8.65. The van der Waals surface area contributed by atoms with Crippen molar-refractivity contribution in [3.05, 3.63) is 0 Å². The van der Waals surface area contributed by atoms with Gasteiger partial charge in [0.05, 0.1) is 5.92 Å². The van der Waals surface area contributed by atoms with Gasteiger partial charge in [-0.15, -0.1) is 12.4 Å². The van der Waals surface area contributed by atoms with E-state index in [1.165, 1.54) is 0 Å². The predicted octanol–water partition coefficient (Wildman–Crippen LogP) is 0.515. The fourth-order valence-electron chi connectivity index (χ4n) is 1.51. The average Bonchev–Trinajstić information content (AvgIpc) is 2.05. The number of carboxylic acids is 1. The molecule has 1 rings (SSSR count). The van der Waals surface area contributed by atoms with Crippen molar-refractivity contribution < 1.29 is 9.90 Å². The van der Waals surface area contributed by atoms with Crippen LogP contribution in [0.5, 0.6) is 0 Å². The summed E-state index contributed by atoms with van der Waals surface area (Å²) in [5.41, 5.74) is 2.67. The Bertz CT molecular complexity index is 146. The Morgan fingerprint density at radius 3 is 2.17 bits per heavy atom. The van der Waals surface area contributed by atoms with Gasteiger partial charge in [0.15, 0.2) is 0 Å². The number of hydrogen-bond acceptors (Lipinski definition) is 3. The van der Waals surface area contributed by atoms with E-state index in [4.69, 9.17) is 10.9 Å². The Hall–Kier alpha value is -0.320. The molecule has 0 amide bonds. The second-order valence-corrected chi connectivity index (χ2v) is 3.05. The molecule has 0 spiro atoms. The quantitative estimate of drug-likeness (QED) is 0.443. The predicted molar refractivity (Wildman–Crippen MR) is 48.0 cm³/mol. The van der Waals surface area contributed by atoms with Crippen LogP contribution in [0.2, 0.25) is 0 Å². The summed E-state index contributed by atoms with van der Waals surface area (Å²) in [6.45, 7) is 0. The van der Waals surface area contributed by atoms with E-state index in [0.29, 0.717) is 6.04 Å². The molecule has 0 saturated heterocycles. The Labute approximate surface area is 77.9 Å². The first-order valence-electron chi connectivity index (χ1n) is 3.93. The van der Waals surface area contributed by atoms with Gasteiger partial charge in [-0.05, 0) is 25.7 Å². The minimum atomic E-state index is -0.666. The van der Waals surface area contributed by atoms with Gasteiger partial charge < -0.3 is 5.11 Å². The standard InChI is InChI=1S/C7H14N2O2.ClH/c8-9-6-3-1-5(2-4-6)7(10)11;/h5-6,9H,1-4,8H2,(H,10,11);1H. The average molecular weight is 195 g/mol. The fourth-order valence-corrected chi connectivity index (χ4v) is 1.51. The van der Waals surface area contributed by atoms with Gasteiger partial charge in [-0.2, -0.15) is 0 Å². The van der Waals surface area contributed by atoms with Crippen LogP contribution in [-0.4, -0.2) is 17.1 Å². The molecule has 4 N–H and O–H groups in total. The van der Waals surface area contributed by atoms with Crippen LogP contribution in [0.25, 0.3) is 0 Å². The van der Waals surface area contributed by atoms with Crippen molar-refractivity contribution in [2.75, 3.05) is 0 Å². The molecule has 1 fully saturated rings. The van der Waals surface area contributed by atoms with E-state index < -0.39 is 5.97 Å². The van der Waals surface area contributed by atoms with Gasteiger partial charge >= 0.3 is 5.97 Å². The first-order valence-corrected chi connectivity index (χ1v) is 3.93. The highest BCUT2D eigenvalue weighted by atomic mass is 35.5. The molecular formula is C7H15ClN2O2. The lowest BCUT2D eigenvalue weighted by molar-refractivity contribution is -0.142. The lowest BCUT2D eigenvalue weighted by atomic mass is 9.86. The normalized spacial score (nSPS) is 29.1. The third kappa shape index (κ3) is 2.97. The summed E-state index contributed by atoms with van der Waals surface area (Å²) in [7, 11) is 0. The highest BCUT2D eigenvalue weighted by Gasteiger charge is 2.24. The summed E-state index contributed by atoms with van der Waals surface area (Å²) in [5.74, 6) is 4.42. The molecule has 5 heteroatoms. The summed E-state index contributed by atoms with van der Waals surface area (Å²) in [6, 6.07) is 0.325. The molecule has 12 heavy (non-hydrogen) atoms. The van der Waals surface area contributed by atoms with Crippen molar-refractivity contribution in [3.8, 4) is 0 Å². The second kappa shape index (κ2) is 5.35. The molecule has 1 aliphatic rings. The van der Waals surface area contributed by atoms with Crippen molar-refractivity contribution >= 4 is 18.4 Å². The molecule has 0 aromatic carbocycles. The summed E-state index contributed by atoms with van der Waals surface area (Å²) in [6.07, 6.45) is 3.27. The van der Waals surface area contributed by atoms with Gasteiger partial charge in [-0.1, -0.05) is 0 Å². The van der Waals surface area contributed by atoms with E-state index in [1.54, 1.807) is 0 Å². The maximum atomic E-state index is 10.5. The molecule has 0 radical (unpaired) electrons. The van der Waals surface area contributed by atoms with E-state index in [0.717, 1.165) is 25.7 Å². The Morgan fingerprint density at radius 2 is 1.83 bits per heavy atom. The molecule has 0 unspecified atom stereocenters. The first kappa shape index (κ1) is 11.7. The van der Waals surface area contributed by atoms with E-state index >= 15 is 0 Å². The van der Waals surface area contributed by atoms with Crippen molar-refractivity contribution in [1.29, 1.82) is 0 Å². The van der Waals surface area contributed by atoms with Gasteiger partial charge in [0, 0.05) is 6.04 Å². The highest BCUT2D eigenvalue weighted by Crippen LogP contribution is 2.23. The number of hydrogen-bond donors (Lipinski definition) is 3. The number of aliphatic carboxylic acids is 1. The minimum Gasteiger partial charge on any atom is -0.481 e. The van der Waals surface area contributed by atoms with Crippen molar-refractivity contribution in [1.82, 2.24) is 5.43 Å². The molecule has 0 bridgehead atoms. The lowest BCUT2D eigenvalue weighted by Crippen LogP contribution is -2.38. The van der Waals surface area contributed by atoms with Crippen LogP contribution in [0, 0.1) is 5.92 Å². The van der Waals surface area contributed by atoms with Crippen LogP contribution < -0.4 is 11.3 Å². The molecule has 0 aromatic rings. The zero-order valence-corrected chi connectivity index (χ0v) is 7.64. The van der Waals surface area contributed by atoms with Crippen molar-refractivity contribution in [2.45, 2.75) is 31.7 Å². The van der Waals surface area contributed by atoms with E-state index in [9.17, 15) is 4.79 Å². The number of hydrazine groups is 1. The van der Waals surface area contributed by atoms with Gasteiger partial charge in [-0.25, -0.2) is 0 Å². The Kier molecular flexibility index (Phi) is 5.20. The zero-order chi connectivity index (χ0) is 8.27. The number of carbonyl (C=O) groups is 1.